The Labute approximate surface area is 184 Å². The average molecular weight is 434 g/mol. The van der Waals surface area contributed by atoms with E-state index in [1.165, 1.54) is 5.57 Å². The first-order chi connectivity index (χ1) is 14.6. The van der Waals surface area contributed by atoms with E-state index in [1.54, 1.807) is 14.2 Å². The van der Waals surface area contributed by atoms with Gasteiger partial charge in [0.25, 0.3) is 0 Å². The summed E-state index contributed by atoms with van der Waals surface area (Å²) in [7, 11) is 3.34. The van der Waals surface area contributed by atoms with Crippen molar-refractivity contribution in [2.45, 2.75) is 32.0 Å². The number of ether oxygens (including phenoxy) is 2. The molecular formula is C22H32ClN5O2. The molecule has 7 nitrogen and oxygen atoms in total. The topological polar surface area (TPSA) is 61.7 Å². The van der Waals surface area contributed by atoms with Gasteiger partial charge in [0, 0.05) is 44.2 Å². The molecule has 0 spiro atoms. The molecule has 3 aliphatic heterocycles. The maximum Gasteiger partial charge on any atom is 0.226 e. The van der Waals surface area contributed by atoms with Gasteiger partial charge in [0.15, 0.2) is 12.1 Å². The zero-order valence-corrected chi connectivity index (χ0v) is 18.8. The molecule has 30 heavy (non-hydrogen) atoms. The Hall–Kier alpha value is -1.83. The second-order valence-electron chi connectivity index (χ2n) is 8.28. The molecule has 3 heterocycles. The summed E-state index contributed by atoms with van der Waals surface area (Å²) in [5.74, 6) is 1.87. The standard InChI is InChI=1S/C22H32ClN5O2/c1-15-20(29-2)25-22(26-21(15)30-3)28-11-9-27(10-12-28)8-4-5-16-14-24-19-7-6-17(23)13-18(16)19/h6-7,13-15,18-20,24H,4-5,8-12H2,1-3H3. The summed E-state index contributed by atoms with van der Waals surface area (Å²) in [5.41, 5.74) is 1.46. The molecule has 4 rings (SSSR count). The Morgan fingerprint density at radius 1 is 1.23 bits per heavy atom. The van der Waals surface area contributed by atoms with Crippen LogP contribution in [0.2, 0.25) is 0 Å². The SMILES string of the molecule is COC1=NC(N2CCN(CCCC3=CNC4C=CC(Cl)=CC34)CC2)=NC(OC)C1C. The Morgan fingerprint density at radius 3 is 2.77 bits per heavy atom. The summed E-state index contributed by atoms with van der Waals surface area (Å²) < 4.78 is 11.0. The van der Waals surface area contributed by atoms with Crippen molar-refractivity contribution < 1.29 is 9.47 Å². The summed E-state index contributed by atoms with van der Waals surface area (Å²) in [4.78, 5) is 14.1. The quantitative estimate of drug-likeness (QED) is 0.722. The van der Waals surface area contributed by atoms with Crippen molar-refractivity contribution in [1.82, 2.24) is 15.1 Å². The van der Waals surface area contributed by atoms with Crippen molar-refractivity contribution in [1.29, 1.82) is 0 Å². The lowest BCUT2D eigenvalue weighted by molar-refractivity contribution is 0.0757. The number of rotatable bonds is 5. The molecular weight excluding hydrogens is 402 g/mol. The highest BCUT2D eigenvalue weighted by Crippen LogP contribution is 2.32. The van der Waals surface area contributed by atoms with Crippen LogP contribution in [0.15, 0.2) is 45.0 Å². The third kappa shape index (κ3) is 4.58. The average Bonchev–Trinajstić information content (AvgIpc) is 3.16. The molecule has 0 aromatic heterocycles. The van der Waals surface area contributed by atoms with Gasteiger partial charge in [-0.1, -0.05) is 23.8 Å². The number of fused-ring (bicyclic) bond motifs is 1. The summed E-state index contributed by atoms with van der Waals surface area (Å²) in [5, 5.41) is 4.31. The zero-order valence-electron chi connectivity index (χ0n) is 18.1. The van der Waals surface area contributed by atoms with Crippen LogP contribution in [-0.2, 0) is 9.47 Å². The summed E-state index contributed by atoms with van der Waals surface area (Å²) in [6.45, 7) is 7.00. The van der Waals surface area contributed by atoms with E-state index in [4.69, 9.17) is 21.1 Å². The Kier molecular flexibility index (Phi) is 6.80. The van der Waals surface area contributed by atoms with Crippen LogP contribution >= 0.6 is 11.6 Å². The highest BCUT2D eigenvalue weighted by atomic mass is 35.5. The first kappa shape index (κ1) is 21.4. The fourth-order valence-corrected chi connectivity index (χ4v) is 4.79. The van der Waals surface area contributed by atoms with E-state index in [1.807, 2.05) is 13.0 Å². The van der Waals surface area contributed by atoms with Gasteiger partial charge in [-0.15, -0.1) is 0 Å². The van der Waals surface area contributed by atoms with Crippen LogP contribution in [0, 0.1) is 11.8 Å². The smallest absolute Gasteiger partial charge is 0.226 e. The molecule has 0 aromatic rings. The Morgan fingerprint density at radius 2 is 2.03 bits per heavy atom. The van der Waals surface area contributed by atoms with E-state index in [9.17, 15) is 0 Å². The van der Waals surface area contributed by atoms with Crippen LogP contribution in [0.25, 0.3) is 0 Å². The Balaban J connectivity index is 1.24. The second-order valence-corrected chi connectivity index (χ2v) is 8.72. The molecule has 8 heteroatoms. The minimum Gasteiger partial charge on any atom is -0.484 e. The van der Waals surface area contributed by atoms with Crippen LogP contribution in [0.1, 0.15) is 19.8 Å². The monoisotopic (exact) mass is 433 g/mol. The van der Waals surface area contributed by atoms with Crippen molar-refractivity contribution in [2.24, 2.45) is 21.8 Å². The normalized spacial score (nSPS) is 31.4. The third-order valence-electron chi connectivity index (χ3n) is 6.39. The van der Waals surface area contributed by atoms with Crippen LogP contribution in [0.3, 0.4) is 0 Å². The number of allylic oxidation sites excluding steroid dienone is 2. The Bertz CT molecular complexity index is 782. The molecule has 0 amide bonds. The van der Waals surface area contributed by atoms with Crippen molar-refractivity contribution >= 4 is 23.5 Å². The largest absolute Gasteiger partial charge is 0.484 e. The maximum absolute atomic E-state index is 6.20. The number of hydrogen-bond donors (Lipinski definition) is 1. The molecule has 4 unspecified atom stereocenters. The summed E-state index contributed by atoms with van der Waals surface area (Å²) >= 11 is 6.20. The summed E-state index contributed by atoms with van der Waals surface area (Å²) in [6, 6.07) is 0.374. The van der Waals surface area contributed by atoms with Gasteiger partial charge >= 0.3 is 0 Å². The van der Waals surface area contributed by atoms with Gasteiger partial charge in [0.05, 0.1) is 19.1 Å². The predicted molar refractivity (Wildman–Crippen MR) is 121 cm³/mol. The number of guanidine groups is 1. The molecule has 4 aliphatic rings. The number of nitrogens with one attached hydrogen (secondary N) is 1. The van der Waals surface area contributed by atoms with E-state index in [0.717, 1.165) is 56.6 Å². The lowest BCUT2D eigenvalue weighted by Crippen LogP contribution is -2.50. The minimum absolute atomic E-state index is 0.0356. The molecule has 1 aliphatic carbocycles. The summed E-state index contributed by atoms with van der Waals surface area (Å²) in [6.07, 6.45) is 10.5. The third-order valence-corrected chi connectivity index (χ3v) is 6.65. The number of nitrogens with zero attached hydrogens (tertiary/aromatic N) is 4. The second kappa shape index (κ2) is 9.54. The minimum atomic E-state index is -0.236. The van der Waals surface area contributed by atoms with Crippen LogP contribution < -0.4 is 5.32 Å². The van der Waals surface area contributed by atoms with E-state index >= 15 is 0 Å². The first-order valence-electron chi connectivity index (χ1n) is 10.8. The van der Waals surface area contributed by atoms with Gasteiger partial charge in [0.1, 0.15) is 0 Å². The molecule has 1 saturated heterocycles. The number of hydrogen-bond acceptors (Lipinski definition) is 7. The molecule has 4 atom stereocenters. The zero-order chi connectivity index (χ0) is 21.1. The van der Waals surface area contributed by atoms with Crippen molar-refractivity contribution in [3.8, 4) is 0 Å². The van der Waals surface area contributed by atoms with Crippen molar-refractivity contribution in [3.63, 3.8) is 0 Å². The maximum atomic E-state index is 6.20. The molecule has 0 aromatic carbocycles. The highest BCUT2D eigenvalue weighted by molar-refractivity contribution is 6.31. The van der Waals surface area contributed by atoms with E-state index < -0.39 is 0 Å². The number of halogens is 1. The molecule has 1 fully saturated rings. The van der Waals surface area contributed by atoms with Crippen molar-refractivity contribution in [2.75, 3.05) is 46.9 Å². The van der Waals surface area contributed by atoms with Gasteiger partial charge in [-0.25, -0.2) is 4.99 Å². The van der Waals surface area contributed by atoms with Gasteiger partial charge in [-0.3, -0.25) is 4.90 Å². The fourth-order valence-electron chi connectivity index (χ4n) is 4.58. The van der Waals surface area contributed by atoms with Crippen LogP contribution in [-0.4, -0.2) is 80.9 Å². The highest BCUT2D eigenvalue weighted by Gasteiger charge is 2.31. The van der Waals surface area contributed by atoms with Crippen molar-refractivity contribution in [3.05, 3.63) is 35.0 Å². The van der Waals surface area contributed by atoms with Gasteiger partial charge in [0.2, 0.25) is 5.96 Å². The molecule has 0 bridgehead atoms. The van der Waals surface area contributed by atoms with Crippen LogP contribution in [0.4, 0.5) is 0 Å². The molecule has 0 saturated carbocycles. The molecule has 1 N–H and O–H groups in total. The van der Waals surface area contributed by atoms with Gasteiger partial charge in [-0.05, 0) is 44.2 Å². The van der Waals surface area contributed by atoms with Gasteiger partial charge < -0.3 is 19.7 Å². The first-order valence-corrected chi connectivity index (χ1v) is 11.2. The predicted octanol–water partition coefficient (Wildman–Crippen LogP) is 2.57. The molecule has 0 radical (unpaired) electrons. The lowest BCUT2D eigenvalue weighted by Gasteiger charge is -2.37. The number of methoxy groups -OCH3 is 2. The van der Waals surface area contributed by atoms with Crippen LogP contribution in [0.5, 0.6) is 0 Å². The van der Waals surface area contributed by atoms with E-state index in [2.05, 4.69) is 43.5 Å². The molecule has 164 valence electrons. The lowest BCUT2D eigenvalue weighted by atomic mass is 9.89. The van der Waals surface area contributed by atoms with Gasteiger partial charge in [-0.2, -0.15) is 4.99 Å². The number of piperazine rings is 1. The van der Waals surface area contributed by atoms with E-state index in [-0.39, 0.29) is 12.1 Å². The number of aliphatic imine (C=N–C) groups is 2. The fraction of sp³-hybridized carbons (Fsp3) is 0.636. The van der Waals surface area contributed by atoms with E-state index in [0.29, 0.717) is 17.9 Å².